The van der Waals surface area contributed by atoms with Crippen molar-refractivity contribution in [2.45, 2.75) is 23.5 Å². The molecule has 0 aliphatic rings. The van der Waals surface area contributed by atoms with Gasteiger partial charge in [0.1, 0.15) is 0 Å². The molecule has 2 rings (SSSR count). The summed E-state index contributed by atoms with van der Waals surface area (Å²) in [5, 5.41) is 9.13. The Morgan fingerprint density at radius 2 is 1.62 bits per heavy atom. The van der Waals surface area contributed by atoms with Crippen LogP contribution in [0, 0.1) is 0 Å². The van der Waals surface area contributed by atoms with E-state index < -0.39 is 21.7 Å². The van der Waals surface area contributed by atoms with Crippen LogP contribution in [0.1, 0.15) is 24.0 Å². The molecule has 0 radical (unpaired) electrons. The topological polar surface area (TPSA) is 71.4 Å². The summed E-state index contributed by atoms with van der Waals surface area (Å²) < 4.78 is 24.8. The number of hydrogen-bond donors (Lipinski definition) is 1. The summed E-state index contributed by atoms with van der Waals surface area (Å²) in [6.45, 7) is 1.55. The number of rotatable bonds is 5. The fourth-order valence-corrected chi connectivity index (χ4v) is 3.55. The molecule has 0 aliphatic heterocycles. The standard InChI is InChI=1S/C16H16O4S/c1-12(16(17)18)15-10-6-5-7-13(15)11-21(19,20)14-8-3-2-4-9-14/h2-10,12H,11H2,1H3,(H,17,18)/t12-/m0/s1. The van der Waals surface area contributed by atoms with Crippen LogP contribution in [0.15, 0.2) is 59.5 Å². The largest absolute Gasteiger partial charge is 0.481 e. The van der Waals surface area contributed by atoms with E-state index in [9.17, 15) is 13.2 Å². The van der Waals surface area contributed by atoms with Crippen molar-refractivity contribution >= 4 is 15.8 Å². The van der Waals surface area contributed by atoms with Gasteiger partial charge in [-0.3, -0.25) is 4.79 Å². The second-order valence-corrected chi connectivity index (χ2v) is 6.82. The summed E-state index contributed by atoms with van der Waals surface area (Å²) in [7, 11) is -3.49. The van der Waals surface area contributed by atoms with Crippen molar-refractivity contribution in [1.82, 2.24) is 0 Å². The van der Waals surface area contributed by atoms with Crippen LogP contribution in [0.3, 0.4) is 0 Å². The lowest BCUT2D eigenvalue weighted by molar-refractivity contribution is -0.138. The van der Waals surface area contributed by atoms with Crippen LogP contribution in [0.2, 0.25) is 0 Å². The van der Waals surface area contributed by atoms with Gasteiger partial charge in [-0.1, -0.05) is 42.5 Å². The molecule has 0 heterocycles. The first-order valence-electron chi connectivity index (χ1n) is 6.50. The smallest absolute Gasteiger partial charge is 0.310 e. The summed E-state index contributed by atoms with van der Waals surface area (Å²) in [6, 6.07) is 14.9. The monoisotopic (exact) mass is 304 g/mol. The van der Waals surface area contributed by atoms with E-state index in [-0.39, 0.29) is 10.6 Å². The number of sulfone groups is 1. The van der Waals surface area contributed by atoms with Crippen molar-refractivity contribution in [2.24, 2.45) is 0 Å². The normalized spacial score (nSPS) is 12.8. The Labute approximate surface area is 124 Å². The van der Waals surface area contributed by atoms with Crippen molar-refractivity contribution < 1.29 is 18.3 Å². The van der Waals surface area contributed by atoms with E-state index in [2.05, 4.69) is 0 Å². The number of benzene rings is 2. The van der Waals surface area contributed by atoms with Gasteiger partial charge in [0.2, 0.25) is 0 Å². The van der Waals surface area contributed by atoms with E-state index >= 15 is 0 Å². The molecule has 1 atom stereocenters. The molecule has 21 heavy (non-hydrogen) atoms. The minimum Gasteiger partial charge on any atom is -0.481 e. The highest BCUT2D eigenvalue weighted by Crippen LogP contribution is 2.24. The van der Waals surface area contributed by atoms with E-state index in [0.29, 0.717) is 11.1 Å². The minimum atomic E-state index is -3.49. The molecule has 0 saturated carbocycles. The zero-order valence-electron chi connectivity index (χ0n) is 11.6. The van der Waals surface area contributed by atoms with Crippen molar-refractivity contribution in [1.29, 1.82) is 0 Å². The molecule has 0 saturated heterocycles. The first-order chi connectivity index (χ1) is 9.92. The van der Waals surface area contributed by atoms with Gasteiger partial charge in [-0.25, -0.2) is 8.42 Å². The maximum Gasteiger partial charge on any atom is 0.310 e. The highest BCUT2D eigenvalue weighted by molar-refractivity contribution is 7.90. The average molecular weight is 304 g/mol. The molecule has 0 fully saturated rings. The Morgan fingerprint density at radius 1 is 1.05 bits per heavy atom. The summed E-state index contributed by atoms with van der Waals surface area (Å²) in [5.41, 5.74) is 1.06. The number of aliphatic carboxylic acids is 1. The van der Waals surface area contributed by atoms with Gasteiger partial charge in [-0.05, 0) is 30.2 Å². The average Bonchev–Trinajstić information content (AvgIpc) is 2.47. The van der Waals surface area contributed by atoms with Crippen LogP contribution in [-0.2, 0) is 20.4 Å². The van der Waals surface area contributed by atoms with Crippen molar-refractivity contribution in [3.05, 3.63) is 65.7 Å². The van der Waals surface area contributed by atoms with E-state index in [1.165, 1.54) is 0 Å². The SMILES string of the molecule is C[C@H](C(=O)O)c1ccccc1CS(=O)(=O)c1ccccc1. The maximum atomic E-state index is 12.4. The second-order valence-electron chi connectivity index (χ2n) is 4.83. The fraction of sp³-hybridized carbons (Fsp3) is 0.188. The molecule has 0 amide bonds. The number of hydrogen-bond acceptors (Lipinski definition) is 3. The molecule has 1 N–H and O–H groups in total. The van der Waals surface area contributed by atoms with Crippen molar-refractivity contribution in [2.75, 3.05) is 0 Å². The van der Waals surface area contributed by atoms with Gasteiger partial charge in [-0.15, -0.1) is 0 Å². The third-order valence-corrected chi connectivity index (χ3v) is 5.02. The van der Waals surface area contributed by atoms with E-state index in [0.717, 1.165) is 0 Å². The third kappa shape index (κ3) is 3.49. The lowest BCUT2D eigenvalue weighted by atomic mass is 9.97. The summed E-state index contributed by atoms with van der Waals surface area (Å²) >= 11 is 0. The van der Waals surface area contributed by atoms with Crippen LogP contribution < -0.4 is 0 Å². The number of carbonyl (C=O) groups is 1. The van der Waals surface area contributed by atoms with E-state index in [1.807, 2.05) is 0 Å². The molecule has 5 heteroatoms. The van der Waals surface area contributed by atoms with Gasteiger partial charge < -0.3 is 5.11 Å². The molecule has 0 bridgehead atoms. The Hall–Kier alpha value is -2.14. The quantitative estimate of drug-likeness (QED) is 0.922. The second kappa shape index (κ2) is 6.10. The summed E-state index contributed by atoms with van der Waals surface area (Å²) in [6.07, 6.45) is 0. The zero-order valence-corrected chi connectivity index (χ0v) is 12.4. The first-order valence-corrected chi connectivity index (χ1v) is 8.15. The highest BCUT2D eigenvalue weighted by atomic mass is 32.2. The number of carboxylic acids is 1. The lowest BCUT2D eigenvalue weighted by Crippen LogP contribution is -2.13. The molecule has 4 nitrogen and oxygen atoms in total. The van der Waals surface area contributed by atoms with Gasteiger partial charge in [0.15, 0.2) is 9.84 Å². The molecular weight excluding hydrogens is 288 g/mol. The molecule has 0 unspecified atom stereocenters. The van der Waals surface area contributed by atoms with Crippen LogP contribution in [0.4, 0.5) is 0 Å². The third-order valence-electron chi connectivity index (χ3n) is 3.34. The Morgan fingerprint density at radius 3 is 2.24 bits per heavy atom. The van der Waals surface area contributed by atoms with Crippen LogP contribution in [-0.4, -0.2) is 19.5 Å². The molecule has 0 spiro atoms. The molecule has 110 valence electrons. The van der Waals surface area contributed by atoms with Gasteiger partial charge >= 0.3 is 5.97 Å². The van der Waals surface area contributed by atoms with Gasteiger partial charge in [0, 0.05) is 0 Å². The van der Waals surface area contributed by atoms with Crippen molar-refractivity contribution in [3.63, 3.8) is 0 Å². The predicted molar refractivity (Wildman–Crippen MR) is 79.8 cm³/mol. The predicted octanol–water partition coefficient (Wildman–Crippen LogP) is 2.85. The molecular formula is C16H16O4S. The fourth-order valence-electron chi connectivity index (χ4n) is 2.14. The molecule has 0 aliphatic carbocycles. The number of carboxylic acid groups (broad SMARTS) is 1. The highest BCUT2D eigenvalue weighted by Gasteiger charge is 2.21. The summed E-state index contributed by atoms with van der Waals surface area (Å²) in [5.74, 6) is -1.92. The molecule has 0 aromatic heterocycles. The van der Waals surface area contributed by atoms with E-state index in [4.69, 9.17) is 5.11 Å². The van der Waals surface area contributed by atoms with Crippen LogP contribution >= 0.6 is 0 Å². The van der Waals surface area contributed by atoms with Crippen molar-refractivity contribution in [3.8, 4) is 0 Å². The Balaban J connectivity index is 2.39. The zero-order chi connectivity index (χ0) is 15.5. The first kappa shape index (κ1) is 15.3. The Bertz CT molecular complexity index is 736. The Kier molecular flexibility index (Phi) is 4.43. The van der Waals surface area contributed by atoms with Gasteiger partial charge in [0.25, 0.3) is 0 Å². The minimum absolute atomic E-state index is 0.204. The molecule has 2 aromatic carbocycles. The molecule has 2 aromatic rings. The lowest BCUT2D eigenvalue weighted by Gasteiger charge is -2.13. The maximum absolute atomic E-state index is 12.4. The van der Waals surface area contributed by atoms with Gasteiger partial charge in [0.05, 0.1) is 16.6 Å². The van der Waals surface area contributed by atoms with Gasteiger partial charge in [-0.2, -0.15) is 0 Å². The van der Waals surface area contributed by atoms with Crippen LogP contribution in [0.5, 0.6) is 0 Å². The summed E-state index contributed by atoms with van der Waals surface area (Å²) in [4.78, 5) is 11.4. The van der Waals surface area contributed by atoms with Crippen LogP contribution in [0.25, 0.3) is 0 Å². The van der Waals surface area contributed by atoms with E-state index in [1.54, 1.807) is 61.5 Å².